The van der Waals surface area contributed by atoms with Crippen LogP contribution >= 0.6 is 11.3 Å². The predicted molar refractivity (Wildman–Crippen MR) is 68.8 cm³/mol. The highest BCUT2D eigenvalue weighted by Crippen LogP contribution is 2.35. The lowest BCUT2D eigenvalue weighted by molar-refractivity contribution is -0.182. The Morgan fingerprint density at radius 2 is 2.10 bits per heavy atom. The molecule has 2 rings (SSSR count). The van der Waals surface area contributed by atoms with Crippen LogP contribution in [0.1, 0.15) is 23.2 Å². The Morgan fingerprint density at radius 3 is 2.62 bits per heavy atom. The van der Waals surface area contributed by atoms with E-state index in [0.29, 0.717) is 11.3 Å². The van der Waals surface area contributed by atoms with Gasteiger partial charge < -0.3 is 5.11 Å². The minimum absolute atomic E-state index is 0.00914. The van der Waals surface area contributed by atoms with E-state index in [1.807, 2.05) is 0 Å². The van der Waals surface area contributed by atoms with Crippen LogP contribution in [-0.2, 0) is 10.0 Å². The molecule has 1 aliphatic heterocycles. The SMILES string of the molecule is O=C(O)c1csc(S(=O)(=O)N2CCC[C@@H](C(F)(F)F)C2)c1. The highest BCUT2D eigenvalue weighted by Gasteiger charge is 2.44. The highest BCUT2D eigenvalue weighted by atomic mass is 32.2. The lowest BCUT2D eigenvalue weighted by atomic mass is 9.99. The number of sulfonamides is 1. The summed E-state index contributed by atoms with van der Waals surface area (Å²) in [4.78, 5) is 10.8. The summed E-state index contributed by atoms with van der Waals surface area (Å²) in [5.74, 6) is -2.96. The number of carbonyl (C=O) groups is 1. The standard InChI is InChI=1S/C11H12F3NO4S2/c12-11(13,14)8-2-1-3-15(5-8)21(18,19)9-4-7(6-20-9)10(16)17/h4,6,8H,1-3,5H2,(H,16,17)/t8-/m1/s1. The monoisotopic (exact) mass is 343 g/mol. The molecule has 0 unspecified atom stereocenters. The van der Waals surface area contributed by atoms with Crippen LogP contribution in [0.15, 0.2) is 15.7 Å². The fourth-order valence-electron chi connectivity index (χ4n) is 2.12. The third-order valence-electron chi connectivity index (χ3n) is 3.26. The Bertz CT molecular complexity index is 638. The van der Waals surface area contributed by atoms with Crippen molar-refractivity contribution in [2.45, 2.75) is 23.2 Å². The average molecular weight is 343 g/mol. The fourth-order valence-corrected chi connectivity index (χ4v) is 4.95. The minimum Gasteiger partial charge on any atom is -0.478 e. The molecule has 1 aliphatic rings. The molecular weight excluding hydrogens is 331 g/mol. The van der Waals surface area contributed by atoms with Gasteiger partial charge in [-0.2, -0.15) is 17.5 Å². The molecule has 5 nitrogen and oxygen atoms in total. The van der Waals surface area contributed by atoms with Crippen LogP contribution in [-0.4, -0.2) is 43.1 Å². The lowest BCUT2D eigenvalue weighted by Crippen LogP contribution is -2.44. The Balaban J connectivity index is 2.24. The summed E-state index contributed by atoms with van der Waals surface area (Å²) in [6.45, 7) is -0.610. The van der Waals surface area contributed by atoms with E-state index in [4.69, 9.17) is 5.11 Å². The molecule has 1 N–H and O–H groups in total. The highest BCUT2D eigenvalue weighted by molar-refractivity contribution is 7.91. The Hall–Kier alpha value is -1.13. The van der Waals surface area contributed by atoms with E-state index in [0.717, 1.165) is 15.8 Å². The summed E-state index contributed by atoms with van der Waals surface area (Å²) in [5.41, 5.74) is -0.192. The molecule has 2 heterocycles. The minimum atomic E-state index is -4.43. The van der Waals surface area contributed by atoms with Crippen molar-refractivity contribution < 1.29 is 31.5 Å². The molecule has 21 heavy (non-hydrogen) atoms. The summed E-state index contributed by atoms with van der Waals surface area (Å²) >= 11 is 0.695. The van der Waals surface area contributed by atoms with Crippen molar-refractivity contribution in [2.75, 3.05) is 13.1 Å². The molecule has 0 aliphatic carbocycles. The maximum Gasteiger partial charge on any atom is 0.393 e. The van der Waals surface area contributed by atoms with E-state index < -0.39 is 34.6 Å². The second-order valence-corrected chi connectivity index (χ2v) is 7.78. The van der Waals surface area contributed by atoms with Gasteiger partial charge in [0.1, 0.15) is 4.21 Å². The summed E-state index contributed by atoms with van der Waals surface area (Å²) < 4.78 is 63.2. The van der Waals surface area contributed by atoms with Crippen molar-refractivity contribution in [2.24, 2.45) is 5.92 Å². The smallest absolute Gasteiger partial charge is 0.393 e. The van der Waals surface area contributed by atoms with Gasteiger partial charge >= 0.3 is 12.1 Å². The van der Waals surface area contributed by atoms with Crippen LogP contribution in [0.25, 0.3) is 0 Å². The van der Waals surface area contributed by atoms with Gasteiger partial charge in [-0.05, 0) is 18.9 Å². The lowest BCUT2D eigenvalue weighted by Gasteiger charge is -2.32. The molecular formula is C11H12F3NO4S2. The first-order chi connectivity index (χ1) is 9.62. The van der Waals surface area contributed by atoms with Gasteiger partial charge in [0.25, 0.3) is 10.0 Å². The Labute approximate surface area is 123 Å². The van der Waals surface area contributed by atoms with Crippen LogP contribution in [0.2, 0.25) is 0 Å². The molecule has 0 aromatic carbocycles. The molecule has 0 bridgehead atoms. The summed E-state index contributed by atoms with van der Waals surface area (Å²) in [5, 5.41) is 9.93. The number of carboxylic acid groups (broad SMARTS) is 1. The van der Waals surface area contributed by atoms with Crippen molar-refractivity contribution in [1.82, 2.24) is 4.31 Å². The maximum atomic E-state index is 12.7. The molecule has 0 spiro atoms. The first kappa shape index (κ1) is 16.2. The number of rotatable bonds is 3. The molecule has 0 saturated carbocycles. The third-order valence-corrected chi connectivity index (χ3v) is 6.54. The maximum absolute atomic E-state index is 12.7. The van der Waals surface area contributed by atoms with Crippen molar-refractivity contribution in [3.63, 3.8) is 0 Å². The van der Waals surface area contributed by atoms with Crippen LogP contribution in [0, 0.1) is 5.92 Å². The molecule has 1 atom stereocenters. The Morgan fingerprint density at radius 1 is 1.43 bits per heavy atom. The fraction of sp³-hybridized carbons (Fsp3) is 0.545. The van der Waals surface area contributed by atoms with Gasteiger partial charge in [-0.3, -0.25) is 0 Å². The van der Waals surface area contributed by atoms with Gasteiger partial charge in [-0.25, -0.2) is 13.2 Å². The number of piperidine rings is 1. The van der Waals surface area contributed by atoms with Gasteiger partial charge in [0.15, 0.2) is 0 Å². The number of hydrogen-bond acceptors (Lipinski definition) is 4. The normalized spacial score (nSPS) is 21.4. The molecule has 1 fully saturated rings. The van der Waals surface area contributed by atoms with E-state index in [9.17, 15) is 26.4 Å². The quantitative estimate of drug-likeness (QED) is 0.915. The van der Waals surface area contributed by atoms with Crippen molar-refractivity contribution in [1.29, 1.82) is 0 Å². The topological polar surface area (TPSA) is 74.7 Å². The number of aromatic carboxylic acids is 1. The second kappa shape index (κ2) is 5.58. The zero-order valence-electron chi connectivity index (χ0n) is 10.6. The van der Waals surface area contributed by atoms with Crippen molar-refractivity contribution in [3.8, 4) is 0 Å². The van der Waals surface area contributed by atoms with Gasteiger partial charge in [0.2, 0.25) is 0 Å². The van der Waals surface area contributed by atoms with Gasteiger partial charge in [-0.1, -0.05) is 0 Å². The number of hydrogen-bond donors (Lipinski definition) is 1. The number of thiophene rings is 1. The molecule has 10 heteroatoms. The van der Waals surface area contributed by atoms with E-state index in [1.54, 1.807) is 0 Å². The zero-order chi connectivity index (χ0) is 15.8. The summed E-state index contributed by atoms with van der Waals surface area (Å²) in [6.07, 6.45) is -4.41. The van der Waals surface area contributed by atoms with E-state index in [1.165, 1.54) is 0 Å². The molecule has 0 radical (unpaired) electrons. The first-order valence-corrected chi connectivity index (χ1v) is 8.33. The van der Waals surface area contributed by atoms with Crippen molar-refractivity contribution >= 4 is 27.3 Å². The van der Waals surface area contributed by atoms with Crippen LogP contribution < -0.4 is 0 Å². The van der Waals surface area contributed by atoms with E-state index in [2.05, 4.69) is 0 Å². The van der Waals surface area contributed by atoms with Crippen LogP contribution in [0.4, 0.5) is 13.2 Å². The largest absolute Gasteiger partial charge is 0.478 e. The van der Waals surface area contributed by atoms with E-state index >= 15 is 0 Å². The molecule has 1 aromatic rings. The number of carboxylic acids is 1. The van der Waals surface area contributed by atoms with Gasteiger partial charge in [-0.15, -0.1) is 11.3 Å². The number of halogens is 3. The molecule has 1 saturated heterocycles. The molecule has 0 amide bonds. The molecule has 1 aromatic heterocycles. The first-order valence-electron chi connectivity index (χ1n) is 6.01. The number of alkyl halides is 3. The van der Waals surface area contributed by atoms with Crippen molar-refractivity contribution in [3.05, 3.63) is 17.0 Å². The zero-order valence-corrected chi connectivity index (χ0v) is 12.3. The van der Waals surface area contributed by atoms with E-state index in [-0.39, 0.29) is 29.2 Å². The molecule has 118 valence electrons. The van der Waals surface area contributed by atoms with Crippen LogP contribution in [0.3, 0.4) is 0 Å². The van der Waals surface area contributed by atoms with Crippen LogP contribution in [0.5, 0.6) is 0 Å². The second-order valence-electron chi connectivity index (χ2n) is 4.70. The van der Waals surface area contributed by atoms with Gasteiger partial charge in [0, 0.05) is 18.5 Å². The summed E-state index contributed by atoms with van der Waals surface area (Å²) in [7, 11) is -4.08. The predicted octanol–water partition coefficient (Wildman–Crippen LogP) is 2.41. The Kier molecular flexibility index (Phi) is 4.31. The van der Waals surface area contributed by atoms with Gasteiger partial charge in [0.05, 0.1) is 11.5 Å². The number of nitrogens with zero attached hydrogens (tertiary/aromatic N) is 1. The summed E-state index contributed by atoms with van der Waals surface area (Å²) in [6, 6.07) is 0.972. The third kappa shape index (κ3) is 3.38. The average Bonchev–Trinajstić information content (AvgIpc) is 2.88.